The molecule has 0 saturated heterocycles. The molecular formula is C11H16N2. The van der Waals surface area contributed by atoms with Gasteiger partial charge in [0.25, 0.3) is 0 Å². The standard InChI is InChI=1S/C11H16N2/c1-8-3-4-10-11(5-8)13-7-9(2)6-12-10/h3-5,9,12-13H,6-7H2,1-2H3. The lowest BCUT2D eigenvalue weighted by Gasteiger charge is -2.08. The fraction of sp³-hybridized carbons (Fsp3) is 0.455. The zero-order valence-corrected chi connectivity index (χ0v) is 8.22. The summed E-state index contributed by atoms with van der Waals surface area (Å²) in [6.45, 7) is 6.49. The van der Waals surface area contributed by atoms with Crippen LogP contribution in [0.3, 0.4) is 0 Å². The van der Waals surface area contributed by atoms with E-state index in [1.165, 1.54) is 16.9 Å². The Balaban J connectivity index is 2.30. The van der Waals surface area contributed by atoms with E-state index in [-0.39, 0.29) is 0 Å². The molecule has 2 heteroatoms. The van der Waals surface area contributed by atoms with E-state index in [1.54, 1.807) is 0 Å². The fourth-order valence-corrected chi connectivity index (χ4v) is 1.60. The first-order valence-electron chi connectivity index (χ1n) is 4.84. The summed E-state index contributed by atoms with van der Waals surface area (Å²) in [7, 11) is 0. The van der Waals surface area contributed by atoms with Gasteiger partial charge in [-0.3, -0.25) is 0 Å². The molecule has 0 amide bonds. The summed E-state index contributed by atoms with van der Waals surface area (Å²) in [5.74, 6) is 0.688. The Hall–Kier alpha value is -1.18. The highest BCUT2D eigenvalue weighted by atomic mass is 15.0. The maximum Gasteiger partial charge on any atom is 0.0578 e. The number of anilines is 2. The molecule has 2 nitrogen and oxygen atoms in total. The van der Waals surface area contributed by atoms with E-state index >= 15 is 0 Å². The molecule has 70 valence electrons. The average Bonchev–Trinajstić information content (AvgIpc) is 2.29. The molecule has 1 atom stereocenters. The molecule has 1 heterocycles. The summed E-state index contributed by atoms with van der Waals surface area (Å²) in [6.07, 6.45) is 0. The van der Waals surface area contributed by atoms with Gasteiger partial charge in [0.05, 0.1) is 11.4 Å². The first kappa shape index (κ1) is 8.42. The van der Waals surface area contributed by atoms with Gasteiger partial charge in [-0.2, -0.15) is 0 Å². The predicted molar refractivity (Wildman–Crippen MR) is 57.3 cm³/mol. The van der Waals surface area contributed by atoms with Gasteiger partial charge in [-0.25, -0.2) is 0 Å². The molecule has 1 aliphatic heterocycles. The minimum absolute atomic E-state index is 0.688. The SMILES string of the molecule is Cc1ccc2c(c1)NCC(C)CN2. The van der Waals surface area contributed by atoms with Crippen LogP contribution >= 0.6 is 0 Å². The van der Waals surface area contributed by atoms with Gasteiger partial charge in [0.15, 0.2) is 0 Å². The summed E-state index contributed by atoms with van der Waals surface area (Å²) in [5, 5.41) is 6.89. The van der Waals surface area contributed by atoms with Crippen LogP contribution in [0.5, 0.6) is 0 Å². The van der Waals surface area contributed by atoms with Crippen LogP contribution in [0, 0.1) is 12.8 Å². The quantitative estimate of drug-likeness (QED) is 0.634. The van der Waals surface area contributed by atoms with Gasteiger partial charge >= 0.3 is 0 Å². The topological polar surface area (TPSA) is 24.1 Å². The van der Waals surface area contributed by atoms with Crippen molar-refractivity contribution in [3.63, 3.8) is 0 Å². The molecule has 13 heavy (non-hydrogen) atoms. The third-order valence-corrected chi connectivity index (χ3v) is 2.46. The molecule has 1 aromatic rings. The third kappa shape index (κ3) is 1.77. The monoisotopic (exact) mass is 176 g/mol. The van der Waals surface area contributed by atoms with Crippen LogP contribution in [-0.4, -0.2) is 13.1 Å². The largest absolute Gasteiger partial charge is 0.383 e. The third-order valence-electron chi connectivity index (χ3n) is 2.46. The highest BCUT2D eigenvalue weighted by Gasteiger charge is 2.10. The molecule has 0 fully saturated rings. The molecule has 0 aliphatic carbocycles. The lowest BCUT2D eigenvalue weighted by molar-refractivity contribution is 0.657. The zero-order valence-electron chi connectivity index (χ0n) is 8.22. The molecule has 0 bridgehead atoms. The van der Waals surface area contributed by atoms with Crippen LogP contribution in [0.4, 0.5) is 11.4 Å². The summed E-state index contributed by atoms with van der Waals surface area (Å²) in [4.78, 5) is 0. The second kappa shape index (κ2) is 3.29. The van der Waals surface area contributed by atoms with Gasteiger partial charge in [-0.05, 0) is 30.5 Å². The molecule has 0 saturated carbocycles. The lowest BCUT2D eigenvalue weighted by Crippen LogP contribution is -2.14. The molecule has 2 N–H and O–H groups in total. The normalized spacial score (nSPS) is 20.9. The molecule has 1 aliphatic rings. The number of nitrogens with one attached hydrogen (secondary N) is 2. The number of hydrogen-bond donors (Lipinski definition) is 2. The van der Waals surface area contributed by atoms with Crippen molar-refractivity contribution in [2.75, 3.05) is 23.7 Å². The summed E-state index contributed by atoms with van der Waals surface area (Å²) < 4.78 is 0. The van der Waals surface area contributed by atoms with E-state index in [0.717, 1.165) is 13.1 Å². The first-order chi connectivity index (χ1) is 6.25. The highest BCUT2D eigenvalue weighted by molar-refractivity contribution is 5.70. The van der Waals surface area contributed by atoms with E-state index < -0.39 is 0 Å². The van der Waals surface area contributed by atoms with E-state index in [9.17, 15) is 0 Å². The maximum atomic E-state index is 3.45. The van der Waals surface area contributed by atoms with E-state index in [1.807, 2.05) is 0 Å². The van der Waals surface area contributed by atoms with Crippen molar-refractivity contribution in [2.24, 2.45) is 5.92 Å². The molecule has 0 aromatic heterocycles. The molecule has 0 radical (unpaired) electrons. The number of benzene rings is 1. The molecule has 1 unspecified atom stereocenters. The minimum Gasteiger partial charge on any atom is -0.383 e. The van der Waals surface area contributed by atoms with Gasteiger partial charge in [-0.15, -0.1) is 0 Å². The average molecular weight is 176 g/mol. The summed E-state index contributed by atoms with van der Waals surface area (Å²) in [5.41, 5.74) is 3.78. The van der Waals surface area contributed by atoms with Gasteiger partial charge < -0.3 is 10.6 Å². The van der Waals surface area contributed by atoms with E-state index in [2.05, 4.69) is 42.7 Å². The molecular weight excluding hydrogens is 160 g/mol. The Morgan fingerprint density at radius 3 is 2.62 bits per heavy atom. The highest BCUT2D eigenvalue weighted by Crippen LogP contribution is 2.25. The van der Waals surface area contributed by atoms with Crippen LogP contribution in [0.1, 0.15) is 12.5 Å². The Kier molecular flexibility index (Phi) is 2.13. The van der Waals surface area contributed by atoms with Crippen molar-refractivity contribution < 1.29 is 0 Å². The van der Waals surface area contributed by atoms with Crippen LogP contribution in [0.25, 0.3) is 0 Å². The van der Waals surface area contributed by atoms with Crippen molar-refractivity contribution in [3.05, 3.63) is 23.8 Å². The van der Waals surface area contributed by atoms with Gasteiger partial charge in [0, 0.05) is 13.1 Å². The first-order valence-corrected chi connectivity index (χ1v) is 4.84. The Morgan fingerprint density at radius 2 is 1.85 bits per heavy atom. The number of rotatable bonds is 0. The second-order valence-corrected chi connectivity index (χ2v) is 3.92. The van der Waals surface area contributed by atoms with Gasteiger partial charge in [0.1, 0.15) is 0 Å². The summed E-state index contributed by atoms with van der Waals surface area (Å²) >= 11 is 0. The van der Waals surface area contributed by atoms with Crippen LogP contribution in [0.2, 0.25) is 0 Å². The van der Waals surface area contributed by atoms with Crippen molar-refractivity contribution in [1.29, 1.82) is 0 Å². The van der Waals surface area contributed by atoms with E-state index in [0.29, 0.717) is 5.92 Å². The Morgan fingerprint density at radius 1 is 1.15 bits per heavy atom. The fourth-order valence-electron chi connectivity index (χ4n) is 1.60. The number of fused-ring (bicyclic) bond motifs is 1. The zero-order chi connectivity index (χ0) is 9.26. The van der Waals surface area contributed by atoms with Crippen molar-refractivity contribution in [1.82, 2.24) is 0 Å². The molecule has 1 aromatic carbocycles. The van der Waals surface area contributed by atoms with Crippen LogP contribution in [0.15, 0.2) is 18.2 Å². The Labute approximate surface area is 79.4 Å². The van der Waals surface area contributed by atoms with Crippen molar-refractivity contribution in [3.8, 4) is 0 Å². The van der Waals surface area contributed by atoms with Crippen LogP contribution < -0.4 is 10.6 Å². The predicted octanol–water partition coefficient (Wildman–Crippen LogP) is 2.47. The number of hydrogen-bond acceptors (Lipinski definition) is 2. The van der Waals surface area contributed by atoms with E-state index in [4.69, 9.17) is 0 Å². The van der Waals surface area contributed by atoms with Crippen molar-refractivity contribution in [2.45, 2.75) is 13.8 Å². The smallest absolute Gasteiger partial charge is 0.0578 e. The lowest BCUT2D eigenvalue weighted by atomic mass is 10.2. The van der Waals surface area contributed by atoms with Crippen molar-refractivity contribution >= 4 is 11.4 Å². The second-order valence-electron chi connectivity index (χ2n) is 3.92. The maximum absolute atomic E-state index is 3.45. The van der Waals surface area contributed by atoms with Crippen LogP contribution in [-0.2, 0) is 0 Å². The summed E-state index contributed by atoms with van der Waals surface area (Å²) in [6, 6.07) is 6.49. The van der Waals surface area contributed by atoms with Gasteiger partial charge in [-0.1, -0.05) is 13.0 Å². The molecule has 2 rings (SSSR count). The Bertz CT molecular complexity index is 307. The molecule has 0 spiro atoms. The van der Waals surface area contributed by atoms with Gasteiger partial charge in [0.2, 0.25) is 0 Å². The minimum atomic E-state index is 0.688. The number of aryl methyl sites for hydroxylation is 1.